The van der Waals surface area contributed by atoms with Gasteiger partial charge in [-0.15, -0.1) is 0 Å². The molecule has 7 heteroatoms. The predicted molar refractivity (Wildman–Crippen MR) is 110 cm³/mol. The monoisotopic (exact) mass is 384 g/mol. The lowest BCUT2D eigenvalue weighted by Crippen LogP contribution is -2.10. The molecular weight excluding hydrogens is 364 g/mol. The Morgan fingerprint density at radius 2 is 1.48 bits per heavy atom. The first kappa shape index (κ1) is 19.0. The Balaban J connectivity index is 2.07. The average molecular weight is 385 g/mol. The number of hydrogen-bond acceptors (Lipinski definition) is 7. The number of rotatable bonds is 5. The summed E-state index contributed by atoms with van der Waals surface area (Å²) in [6.45, 7) is 10.2. The van der Waals surface area contributed by atoms with Gasteiger partial charge in [0.2, 0.25) is 0 Å². The quantitative estimate of drug-likeness (QED) is 0.407. The van der Waals surface area contributed by atoms with Crippen molar-refractivity contribution in [3.8, 4) is 0 Å². The summed E-state index contributed by atoms with van der Waals surface area (Å²) in [7, 11) is 0. The van der Waals surface area contributed by atoms with Crippen LogP contribution in [0.25, 0.3) is 0 Å². The number of carbonyl (C=O) groups excluding carboxylic acids is 1. The lowest BCUT2D eigenvalue weighted by atomic mass is 10.1. The molecule has 0 radical (unpaired) electrons. The molecule has 0 amide bonds. The molecule has 0 spiro atoms. The molecular formula is C16H20N2OS4. The van der Waals surface area contributed by atoms with Gasteiger partial charge in [0.15, 0.2) is 5.78 Å². The Morgan fingerprint density at radius 1 is 0.913 bits per heavy atom. The fourth-order valence-electron chi connectivity index (χ4n) is 1.79. The Labute approximate surface area is 155 Å². The molecule has 0 aromatic carbocycles. The Morgan fingerprint density at radius 3 is 2.04 bits per heavy atom. The van der Waals surface area contributed by atoms with Crippen LogP contribution in [0, 0.1) is 0 Å². The summed E-state index contributed by atoms with van der Waals surface area (Å²) < 4.78 is 2.68. The molecule has 0 aromatic heterocycles. The first-order valence-electron chi connectivity index (χ1n) is 7.43. The van der Waals surface area contributed by atoms with E-state index in [-0.39, 0.29) is 5.78 Å². The van der Waals surface area contributed by atoms with E-state index in [0.717, 1.165) is 4.91 Å². The van der Waals surface area contributed by atoms with Gasteiger partial charge in [-0.05, 0) is 37.0 Å². The predicted octanol–water partition coefficient (Wildman–Crippen LogP) is 6.37. The highest BCUT2D eigenvalue weighted by Crippen LogP contribution is 2.59. The standard InChI is InChI=1S/C16H20N2OS4/c1-6-12(13(19)7-2)18-17-8-14-11(5)22-16(23-14)15-20-9(3)10(4)21-15/h8H,6-7H2,1-5H3/b17-8+,18-12+. The smallest absolute Gasteiger partial charge is 0.178 e. The molecule has 0 fully saturated rings. The number of nitrogens with zero attached hydrogens (tertiary/aromatic N) is 2. The van der Waals surface area contributed by atoms with Crippen LogP contribution in [0.1, 0.15) is 47.5 Å². The third kappa shape index (κ3) is 4.81. The molecule has 0 saturated carbocycles. The molecule has 2 rings (SSSR count). The highest BCUT2D eigenvalue weighted by molar-refractivity contribution is 8.34. The van der Waals surface area contributed by atoms with Crippen molar-refractivity contribution in [3.05, 3.63) is 28.1 Å². The minimum Gasteiger partial charge on any atom is -0.293 e. The summed E-state index contributed by atoms with van der Waals surface area (Å²) in [5.74, 6) is 0.0717. The van der Waals surface area contributed by atoms with Gasteiger partial charge in [0.25, 0.3) is 0 Å². The van der Waals surface area contributed by atoms with Crippen molar-refractivity contribution in [2.24, 2.45) is 10.2 Å². The zero-order valence-corrected chi connectivity index (χ0v) is 17.2. The van der Waals surface area contributed by atoms with Crippen LogP contribution in [0.3, 0.4) is 0 Å². The van der Waals surface area contributed by atoms with Crippen LogP contribution in [0.2, 0.25) is 0 Å². The normalized spacial score (nSPS) is 19.8. The van der Waals surface area contributed by atoms with Crippen LogP contribution in [0.5, 0.6) is 0 Å². The van der Waals surface area contributed by atoms with E-state index in [1.165, 1.54) is 23.2 Å². The summed E-state index contributed by atoms with van der Waals surface area (Å²) >= 11 is 7.24. The fraction of sp³-hybridized carbons (Fsp3) is 0.438. The molecule has 0 N–H and O–H groups in total. The van der Waals surface area contributed by atoms with Gasteiger partial charge in [-0.2, -0.15) is 10.2 Å². The van der Waals surface area contributed by atoms with Crippen molar-refractivity contribution < 1.29 is 4.79 Å². The van der Waals surface area contributed by atoms with Crippen molar-refractivity contribution in [2.75, 3.05) is 0 Å². The minimum atomic E-state index is 0.0717. The maximum Gasteiger partial charge on any atom is 0.178 e. The number of allylic oxidation sites excluding steroid dienone is 4. The van der Waals surface area contributed by atoms with Gasteiger partial charge in [-0.3, -0.25) is 4.79 Å². The van der Waals surface area contributed by atoms with Gasteiger partial charge >= 0.3 is 0 Å². The maximum absolute atomic E-state index is 11.7. The zero-order valence-electron chi connectivity index (χ0n) is 13.9. The molecule has 124 valence electrons. The van der Waals surface area contributed by atoms with E-state index >= 15 is 0 Å². The molecule has 2 heterocycles. The number of Topliss-reactive ketones (excluding diaryl/α,β-unsaturated/α-hetero) is 1. The molecule has 0 unspecified atom stereocenters. The van der Waals surface area contributed by atoms with Gasteiger partial charge in [0.1, 0.15) is 5.71 Å². The second kappa shape index (κ2) is 8.65. The van der Waals surface area contributed by atoms with Crippen molar-refractivity contribution >= 4 is 64.8 Å². The number of thioether (sulfide) groups is 4. The summed E-state index contributed by atoms with van der Waals surface area (Å²) in [5, 5.41) is 8.24. The average Bonchev–Trinajstić information content (AvgIpc) is 3.06. The van der Waals surface area contributed by atoms with E-state index in [0.29, 0.717) is 18.6 Å². The highest BCUT2D eigenvalue weighted by atomic mass is 32.2. The second-order valence-electron chi connectivity index (χ2n) is 4.94. The van der Waals surface area contributed by atoms with Gasteiger partial charge in [0, 0.05) is 16.2 Å². The Kier molecular flexibility index (Phi) is 7.13. The van der Waals surface area contributed by atoms with Crippen LogP contribution in [-0.4, -0.2) is 17.7 Å². The third-order valence-electron chi connectivity index (χ3n) is 3.28. The molecule has 0 aliphatic carbocycles. The minimum absolute atomic E-state index is 0.0717. The number of hydrogen-bond donors (Lipinski definition) is 0. The zero-order chi connectivity index (χ0) is 17.0. The summed E-state index contributed by atoms with van der Waals surface area (Å²) in [4.78, 5) is 16.8. The molecule has 0 atom stereocenters. The SMILES string of the molecule is CCC(=O)/C(CC)=N/N=C/C1=C(C)SC(=C2SC(C)=C(C)S2)S1. The van der Waals surface area contributed by atoms with Crippen LogP contribution in [-0.2, 0) is 4.79 Å². The fourth-order valence-corrected chi connectivity index (χ4v) is 7.07. The van der Waals surface area contributed by atoms with E-state index in [2.05, 4.69) is 31.0 Å². The Hall–Kier alpha value is -0.370. The molecule has 2 aliphatic heterocycles. The largest absolute Gasteiger partial charge is 0.293 e. The van der Waals surface area contributed by atoms with Gasteiger partial charge in [-0.1, -0.05) is 60.9 Å². The number of ketones is 1. The van der Waals surface area contributed by atoms with Crippen LogP contribution >= 0.6 is 47.0 Å². The van der Waals surface area contributed by atoms with Crippen LogP contribution in [0.4, 0.5) is 0 Å². The van der Waals surface area contributed by atoms with Gasteiger partial charge in [-0.25, -0.2) is 0 Å². The van der Waals surface area contributed by atoms with Gasteiger partial charge in [0.05, 0.1) is 14.7 Å². The second-order valence-corrected chi connectivity index (χ2v) is 10.2. The van der Waals surface area contributed by atoms with E-state index in [1.807, 2.05) is 37.4 Å². The summed E-state index contributed by atoms with van der Waals surface area (Å²) in [5.41, 5.74) is 0.550. The van der Waals surface area contributed by atoms with E-state index < -0.39 is 0 Å². The summed E-state index contributed by atoms with van der Waals surface area (Å²) in [6.07, 6.45) is 2.87. The summed E-state index contributed by atoms with van der Waals surface area (Å²) in [6, 6.07) is 0. The highest BCUT2D eigenvalue weighted by Gasteiger charge is 2.25. The van der Waals surface area contributed by atoms with Crippen molar-refractivity contribution in [1.82, 2.24) is 0 Å². The molecule has 0 aromatic rings. The van der Waals surface area contributed by atoms with Crippen molar-refractivity contribution in [1.29, 1.82) is 0 Å². The van der Waals surface area contributed by atoms with Crippen LogP contribution in [0.15, 0.2) is 38.3 Å². The topological polar surface area (TPSA) is 41.8 Å². The van der Waals surface area contributed by atoms with Gasteiger partial charge < -0.3 is 0 Å². The van der Waals surface area contributed by atoms with Crippen molar-refractivity contribution in [3.63, 3.8) is 0 Å². The lowest BCUT2D eigenvalue weighted by molar-refractivity contribution is -0.112. The van der Waals surface area contributed by atoms with Crippen LogP contribution < -0.4 is 0 Å². The van der Waals surface area contributed by atoms with E-state index in [9.17, 15) is 4.79 Å². The maximum atomic E-state index is 11.7. The molecule has 3 nitrogen and oxygen atoms in total. The molecule has 0 bridgehead atoms. The molecule has 23 heavy (non-hydrogen) atoms. The first-order chi connectivity index (χ1) is 11.0. The molecule has 0 saturated heterocycles. The molecule has 2 aliphatic rings. The van der Waals surface area contributed by atoms with E-state index in [1.54, 1.807) is 29.7 Å². The Bertz CT molecular complexity index is 656. The third-order valence-corrected chi connectivity index (χ3v) is 9.00. The number of carbonyl (C=O) groups is 1. The van der Waals surface area contributed by atoms with Crippen molar-refractivity contribution in [2.45, 2.75) is 47.5 Å². The van der Waals surface area contributed by atoms with E-state index in [4.69, 9.17) is 0 Å². The lowest BCUT2D eigenvalue weighted by Gasteiger charge is -2.00. The first-order valence-corrected chi connectivity index (χ1v) is 10.7.